The highest BCUT2D eigenvalue weighted by Crippen LogP contribution is 2.26. The summed E-state index contributed by atoms with van der Waals surface area (Å²) >= 11 is 6.76. The first-order valence-electron chi connectivity index (χ1n) is 6.52. The Balaban J connectivity index is 0.000000774. The second-order valence-electron chi connectivity index (χ2n) is 4.09. The van der Waals surface area contributed by atoms with Crippen LogP contribution >= 0.6 is 22.9 Å². The predicted octanol–water partition coefficient (Wildman–Crippen LogP) is 4.28. The Labute approximate surface area is 131 Å². The second-order valence-corrected chi connectivity index (χ2v) is 5.52. The first-order valence-corrected chi connectivity index (χ1v) is 7.71. The first kappa shape index (κ1) is 15.7. The summed E-state index contributed by atoms with van der Waals surface area (Å²) in [6.45, 7) is 4.44. The van der Waals surface area contributed by atoms with Crippen molar-refractivity contribution in [2.75, 3.05) is 0 Å². The Morgan fingerprint density at radius 3 is 2.76 bits per heavy atom. The van der Waals surface area contributed by atoms with E-state index in [9.17, 15) is 9.18 Å². The van der Waals surface area contributed by atoms with Crippen LogP contribution in [0.5, 0.6) is 0 Å². The van der Waals surface area contributed by atoms with E-state index >= 15 is 0 Å². The van der Waals surface area contributed by atoms with E-state index in [-0.39, 0.29) is 10.6 Å². The third-order valence-electron chi connectivity index (χ3n) is 2.72. The van der Waals surface area contributed by atoms with Gasteiger partial charge in [0.1, 0.15) is 11.0 Å². The zero-order chi connectivity index (χ0) is 15.4. The average Bonchev–Trinajstić information content (AvgIpc) is 2.84. The van der Waals surface area contributed by atoms with Crippen molar-refractivity contribution in [1.29, 1.82) is 0 Å². The zero-order valence-corrected chi connectivity index (χ0v) is 13.2. The number of halogens is 2. The normalized spacial score (nSPS) is 10.3. The number of nitrogens with zero attached hydrogens (tertiary/aromatic N) is 2. The Hall–Kier alpha value is -1.72. The van der Waals surface area contributed by atoms with Crippen molar-refractivity contribution in [3.05, 3.63) is 62.7 Å². The lowest BCUT2D eigenvalue weighted by Crippen LogP contribution is -2.05. The van der Waals surface area contributed by atoms with Gasteiger partial charge in [-0.25, -0.2) is 9.37 Å². The standard InChI is InChI=1S/C13H8ClFN2OS.C2H6/c14-12-2-1-8(5-16-12)6-17-7-9(15)3-11-10(17)4-13(18)19-11;1-2/h1-5,7H,6H2;1-2H3. The Kier molecular flexibility index (Phi) is 5.09. The van der Waals surface area contributed by atoms with E-state index in [4.69, 9.17) is 11.6 Å². The van der Waals surface area contributed by atoms with Crippen LogP contribution in [-0.4, -0.2) is 9.55 Å². The molecule has 1 aromatic rings. The van der Waals surface area contributed by atoms with Gasteiger partial charge in [0, 0.05) is 25.0 Å². The largest absolute Gasteiger partial charge is 0.339 e. The summed E-state index contributed by atoms with van der Waals surface area (Å²) < 4.78 is 15.1. The minimum atomic E-state index is -0.365. The number of rotatable bonds is 2. The molecule has 2 aliphatic rings. The first-order chi connectivity index (χ1) is 10.1. The van der Waals surface area contributed by atoms with Crippen molar-refractivity contribution in [2.45, 2.75) is 20.4 Å². The van der Waals surface area contributed by atoms with E-state index in [1.54, 1.807) is 16.8 Å². The van der Waals surface area contributed by atoms with Gasteiger partial charge in [-0.15, -0.1) is 0 Å². The molecule has 21 heavy (non-hydrogen) atoms. The topological polar surface area (TPSA) is 34.9 Å². The molecule has 1 aromatic heterocycles. The minimum Gasteiger partial charge on any atom is -0.339 e. The van der Waals surface area contributed by atoms with Gasteiger partial charge in [-0.1, -0.05) is 42.9 Å². The van der Waals surface area contributed by atoms with Gasteiger partial charge in [-0.3, -0.25) is 4.79 Å². The lowest BCUT2D eigenvalue weighted by atomic mass is 10.2. The molecule has 0 aromatic carbocycles. The molecule has 0 radical (unpaired) electrons. The lowest BCUT2D eigenvalue weighted by Gasteiger charge is -2.12. The van der Waals surface area contributed by atoms with E-state index in [0.29, 0.717) is 16.6 Å². The maximum Gasteiger partial charge on any atom is 0.235 e. The fraction of sp³-hybridized carbons (Fsp3) is 0.200. The van der Waals surface area contributed by atoms with Crippen LogP contribution in [0.4, 0.5) is 4.39 Å². The number of pyridine rings is 2. The number of hydrogen-bond acceptors (Lipinski definition) is 3. The molecule has 0 saturated carbocycles. The van der Waals surface area contributed by atoms with Crippen LogP contribution in [0.1, 0.15) is 19.4 Å². The molecule has 0 spiro atoms. The van der Waals surface area contributed by atoms with Crippen LogP contribution < -0.4 is 4.74 Å². The molecule has 0 aliphatic carbocycles. The van der Waals surface area contributed by atoms with Crippen LogP contribution in [-0.2, 0) is 6.54 Å². The highest BCUT2D eigenvalue weighted by atomic mass is 35.5. The van der Waals surface area contributed by atoms with Gasteiger partial charge in [-0.05, 0) is 17.7 Å². The molecular formula is C15H14ClFN2OS. The van der Waals surface area contributed by atoms with Gasteiger partial charge in [-0.2, -0.15) is 0 Å². The van der Waals surface area contributed by atoms with E-state index in [0.717, 1.165) is 22.6 Å². The van der Waals surface area contributed by atoms with Gasteiger partial charge >= 0.3 is 0 Å². The lowest BCUT2D eigenvalue weighted by molar-refractivity contribution is 0.603. The predicted molar refractivity (Wildman–Crippen MR) is 84.9 cm³/mol. The molecular weight excluding hydrogens is 311 g/mol. The maximum atomic E-state index is 13.5. The van der Waals surface area contributed by atoms with Gasteiger partial charge in [0.2, 0.25) is 4.74 Å². The Morgan fingerprint density at radius 1 is 1.33 bits per heavy atom. The highest BCUT2D eigenvalue weighted by Gasteiger charge is 2.12. The zero-order valence-electron chi connectivity index (χ0n) is 11.6. The van der Waals surface area contributed by atoms with Gasteiger partial charge in [0.15, 0.2) is 0 Å². The average molecular weight is 325 g/mol. The molecule has 0 amide bonds. The molecule has 0 bridgehead atoms. The third-order valence-corrected chi connectivity index (χ3v) is 3.81. The number of aromatic nitrogens is 2. The van der Waals surface area contributed by atoms with Gasteiger partial charge < -0.3 is 4.57 Å². The Morgan fingerprint density at radius 2 is 2.10 bits per heavy atom. The third kappa shape index (κ3) is 3.68. The van der Waals surface area contributed by atoms with Crippen LogP contribution in [0, 0.1) is 5.82 Å². The van der Waals surface area contributed by atoms with E-state index in [2.05, 4.69) is 4.98 Å². The molecule has 2 aliphatic heterocycles. The molecule has 0 unspecified atom stereocenters. The summed E-state index contributed by atoms with van der Waals surface area (Å²) in [7, 11) is 0. The van der Waals surface area contributed by atoms with Gasteiger partial charge in [0.05, 0.1) is 10.6 Å². The summed E-state index contributed by atoms with van der Waals surface area (Å²) in [5.41, 5.74) is 1.62. The van der Waals surface area contributed by atoms with Crippen molar-refractivity contribution < 1.29 is 4.39 Å². The fourth-order valence-electron chi connectivity index (χ4n) is 1.91. The minimum absolute atomic E-state index is 0.0800. The van der Waals surface area contributed by atoms with E-state index in [1.165, 1.54) is 18.3 Å². The molecule has 110 valence electrons. The molecule has 0 fully saturated rings. The van der Waals surface area contributed by atoms with Crippen LogP contribution in [0.25, 0.3) is 10.6 Å². The summed E-state index contributed by atoms with van der Waals surface area (Å²) in [5, 5.41) is 0.413. The van der Waals surface area contributed by atoms with Crippen molar-refractivity contribution in [3.63, 3.8) is 0 Å². The summed E-state index contributed by atoms with van der Waals surface area (Å²) in [4.78, 5) is 16.0. The molecule has 3 rings (SSSR count). The van der Waals surface area contributed by atoms with Gasteiger partial charge in [0.25, 0.3) is 0 Å². The Bertz CT molecular complexity index is 751. The monoisotopic (exact) mass is 324 g/mol. The van der Waals surface area contributed by atoms with Crippen LogP contribution in [0.3, 0.4) is 0 Å². The van der Waals surface area contributed by atoms with Crippen molar-refractivity contribution in [3.8, 4) is 10.6 Å². The van der Waals surface area contributed by atoms with Crippen molar-refractivity contribution in [1.82, 2.24) is 9.55 Å². The molecule has 0 atom stereocenters. The van der Waals surface area contributed by atoms with Crippen LogP contribution in [0.15, 0.2) is 41.5 Å². The molecule has 3 heterocycles. The van der Waals surface area contributed by atoms with Crippen molar-refractivity contribution >= 4 is 22.9 Å². The summed E-state index contributed by atoms with van der Waals surface area (Å²) in [5.74, 6) is -0.365. The summed E-state index contributed by atoms with van der Waals surface area (Å²) in [6, 6.07) is 6.39. The number of fused-ring (bicyclic) bond motifs is 1. The fourth-order valence-corrected chi connectivity index (χ4v) is 2.86. The molecule has 6 heteroatoms. The quantitative estimate of drug-likeness (QED) is 0.660. The number of thiophene rings is 1. The van der Waals surface area contributed by atoms with Crippen molar-refractivity contribution in [2.24, 2.45) is 0 Å². The molecule has 0 saturated heterocycles. The highest BCUT2D eigenvalue weighted by molar-refractivity contribution is 7.13. The maximum absolute atomic E-state index is 13.5. The molecule has 0 N–H and O–H groups in total. The SMILES string of the molecule is CC.O=c1cc2n(Cc3ccc(Cl)nc3)cc(F)cc-2s1. The van der Waals surface area contributed by atoms with Crippen LogP contribution in [0.2, 0.25) is 5.15 Å². The smallest absolute Gasteiger partial charge is 0.235 e. The summed E-state index contributed by atoms with van der Waals surface area (Å²) in [6.07, 6.45) is 3.01. The molecule has 3 nitrogen and oxygen atoms in total. The van der Waals surface area contributed by atoms with E-state index < -0.39 is 0 Å². The second kappa shape index (κ2) is 6.83. The number of hydrogen-bond donors (Lipinski definition) is 0. The van der Waals surface area contributed by atoms with E-state index in [1.807, 2.05) is 19.9 Å².